The lowest BCUT2D eigenvalue weighted by atomic mass is 10.2. The molecular weight excluding hydrogens is 347 g/mol. The zero-order valence-electron chi connectivity index (χ0n) is 10.1. The predicted molar refractivity (Wildman–Crippen MR) is 78.1 cm³/mol. The summed E-state index contributed by atoms with van der Waals surface area (Å²) in [5.74, 6) is -3.05. The van der Waals surface area contributed by atoms with Crippen molar-refractivity contribution in [2.75, 3.05) is 5.32 Å². The number of benzene rings is 2. The van der Waals surface area contributed by atoms with Crippen molar-refractivity contribution < 1.29 is 18.7 Å². The van der Waals surface area contributed by atoms with Gasteiger partial charge < -0.3 is 10.4 Å². The normalized spacial score (nSPS) is 10.5. The Morgan fingerprint density at radius 2 is 1.67 bits per heavy atom. The smallest absolute Gasteiger partial charge is 0.337 e. The van der Waals surface area contributed by atoms with Crippen molar-refractivity contribution in [1.29, 1.82) is 0 Å². The molecule has 0 saturated heterocycles. The van der Waals surface area contributed by atoms with E-state index in [-0.39, 0.29) is 32.0 Å². The van der Waals surface area contributed by atoms with Crippen LogP contribution < -0.4 is 5.32 Å². The Morgan fingerprint density at radius 3 is 2.24 bits per heavy atom. The van der Waals surface area contributed by atoms with Gasteiger partial charge in [-0.1, -0.05) is 34.8 Å². The SMILES string of the molecule is O=C(O)c1cc(Nc2c(F)cc(F)cc2Cl)c(Cl)cc1Cl. The largest absolute Gasteiger partial charge is 0.478 e. The predicted octanol–water partition coefficient (Wildman–Crippen LogP) is 5.37. The summed E-state index contributed by atoms with van der Waals surface area (Å²) in [7, 11) is 0. The van der Waals surface area contributed by atoms with Crippen LogP contribution in [0.2, 0.25) is 15.1 Å². The number of hydrogen-bond acceptors (Lipinski definition) is 2. The molecule has 2 rings (SSSR count). The first-order chi connectivity index (χ1) is 9.79. The Balaban J connectivity index is 2.50. The van der Waals surface area contributed by atoms with Crippen molar-refractivity contribution in [3.05, 3.63) is 56.5 Å². The van der Waals surface area contributed by atoms with Crippen LogP contribution in [-0.4, -0.2) is 11.1 Å². The fraction of sp³-hybridized carbons (Fsp3) is 0. The summed E-state index contributed by atoms with van der Waals surface area (Å²) in [4.78, 5) is 11.0. The molecule has 8 heteroatoms. The third-order valence-corrected chi connectivity index (χ3v) is 3.48. The van der Waals surface area contributed by atoms with Crippen LogP contribution in [0.5, 0.6) is 0 Å². The van der Waals surface area contributed by atoms with E-state index in [4.69, 9.17) is 39.9 Å². The van der Waals surface area contributed by atoms with Crippen LogP contribution in [0.3, 0.4) is 0 Å². The molecular formula is C13H6Cl3F2NO2. The van der Waals surface area contributed by atoms with Crippen molar-refractivity contribution in [3.8, 4) is 0 Å². The minimum Gasteiger partial charge on any atom is -0.478 e. The highest BCUT2D eigenvalue weighted by Crippen LogP contribution is 2.35. The second-order valence-electron chi connectivity index (χ2n) is 3.99. The fourth-order valence-electron chi connectivity index (χ4n) is 1.60. The van der Waals surface area contributed by atoms with E-state index in [1.54, 1.807) is 0 Å². The quantitative estimate of drug-likeness (QED) is 0.781. The second-order valence-corrected chi connectivity index (χ2v) is 5.21. The van der Waals surface area contributed by atoms with Crippen LogP contribution >= 0.6 is 34.8 Å². The zero-order chi connectivity index (χ0) is 15.7. The summed E-state index contributed by atoms with van der Waals surface area (Å²) in [6.07, 6.45) is 0. The molecule has 3 nitrogen and oxygen atoms in total. The van der Waals surface area contributed by atoms with Crippen molar-refractivity contribution >= 4 is 52.1 Å². The van der Waals surface area contributed by atoms with Gasteiger partial charge in [0.25, 0.3) is 0 Å². The number of carboxylic acid groups (broad SMARTS) is 1. The Kier molecular flexibility index (Phi) is 4.56. The number of anilines is 2. The van der Waals surface area contributed by atoms with E-state index in [1.165, 1.54) is 6.07 Å². The summed E-state index contributed by atoms with van der Waals surface area (Å²) < 4.78 is 26.7. The first-order valence-electron chi connectivity index (χ1n) is 5.43. The molecule has 0 heterocycles. The average molecular weight is 353 g/mol. The molecule has 0 atom stereocenters. The lowest BCUT2D eigenvalue weighted by molar-refractivity contribution is 0.0697. The molecule has 2 aromatic rings. The molecule has 0 bridgehead atoms. The molecule has 0 aliphatic rings. The minimum absolute atomic E-state index is 0.0600. The average Bonchev–Trinajstić information content (AvgIpc) is 2.35. The lowest BCUT2D eigenvalue weighted by Gasteiger charge is -2.12. The monoisotopic (exact) mass is 351 g/mol. The maximum Gasteiger partial charge on any atom is 0.337 e. The van der Waals surface area contributed by atoms with Gasteiger partial charge in [0.05, 0.1) is 32.0 Å². The summed E-state index contributed by atoms with van der Waals surface area (Å²) in [6, 6.07) is 3.88. The van der Waals surface area contributed by atoms with E-state index in [2.05, 4.69) is 5.32 Å². The topological polar surface area (TPSA) is 49.3 Å². The van der Waals surface area contributed by atoms with Gasteiger partial charge in [0.15, 0.2) is 5.82 Å². The number of rotatable bonds is 3. The standard InChI is InChI=1S/C13H6Cl3F2NO2/c14-7-4-8(15)11(3-6(7)13(20)21)19-12-9(16)1-5(17)2-10(12)18/h1-4,19H,(H,20,21). The number of carboxylic acids is 1. The first-order valence-corrected chi connectivity index (χ1v) is 6.57. The van der Waals surface area contributed by atoms with Gasteiger partial charge in [-0.25, -0.2) is 13.6 Å². The van der Waals surface area contributed by atoms with Gasteiger partial charge in [0.2, 0.25) is 0 Å². The van der Waals surface area contributed by atoms with E-state index < -0.39 is 17.6 Å². The molecule has 0 unspecified atom stereocenters. The summed E-state index contributed by atoms with van der Waals surface area (Å²) in [5, 5.41) is 11.3. The molecule has 0 saturated carbocycles. The molecule has 2 N–H and O–H groups in total. The maximum absolute atomic E-state index is 13.7. The molecule has 0 fully saturated rings. The van der Waals surface area contributed by atoms with Gasteiger partial charge in [0, 0.05) is 6.07 Å². The molecule has 0 amide bonds. The van der Waals surface area contributed by atoms with Gasteiger partial charge in [-0.15, -0.1) is 0 Å². The number of nitrogens with one attached hydrogen (secondary N) is 1. The molecule has 21 heavy (non-hydrogen) atoms. The van der Waals surface area contributed by atoms with Crippen LogP contribution in [-0.2, 0) is 0 Å². The zero-order valence-corrected chi connectivity index (χ0v) is 12.3. The van der Waals surface area contributed by atoms with E-state index in [0.717, 1.165) is 12.1 Å². The summed E-state index contributed by atoms with van der Waals surface area (Å²) in [6.45, 7) is 0. The highest BCUT2D eigenvalue weighted by molar-refractivity contribution is 6.38. The molecule has 0 aliphatic carbocycles. The number of aromatic carboxylic acids is 1. The van der Waals surface area contributed by atoms with Gasteiger partial charge in [-0.05, 0) is 18.2 Å². The van der Waals surface area contributed by atoms with E-state index in [1.807, 2.05) is 0 Å². The van der Waals surface area contributed by atoms with Crippen molar-refractivity contribution in [2.45, 2.75) is 0 Å². The van der Waals surface area contributed by atoms with E-state index in [0.29, 0.717) is 6.07 Å². The van der Waals surface area contributed by atoms with Gasteiger partial charge in [-0.2, -0.15) is 0 Å². The molecule has 0 radical (unpaired) electrons. The molecule has 110 valence electrons. The third-order valence-electron chi connectivity index (χ3n) is 2.55. The number of carbonyl (C=O) groups is 1. The van der Waals surface area contributed by atoms with Crippen LogP contribution in [0, 0.1) is 11.6 Å². The van der Waals surface area contributed by atoms with Gasteiger partial charge >= 0.3 is 5.97 Å². The Labute approximate surface area is 133 Å². The second kappa shape index (κ2) is 6.05. The van der Waals surface area contributed by atoms with Crippen LogP contribution in [0.4, 0.5) is 20.2 Å². The highest BCUT2D eigenvalue weighted by Gasteiger charge is 2.16. The third kappa shape index (κ3) is 3.37. The van der Waals surface area contributed by atoms with E-state index in [9.17, 15) is 13.6 Å². The fourth-order valence-corrected chi connectivity index (χ4v) is 2.36. The van der Waals surface area contributed by atoms with Gasteiger partial charge in [-0.3, -0.25) is 0 Å². The first kappa shape index (κ1) is 15.8. The highest BCUT2D eigenvalue weighted by atomic mass is 35.5. The van der Waals surface area contributed by atoms with Crippen LogP contribution in [0.1, 0.15) is 10.4 Å². The lowest BCUT2D eigenvalue weighted by Crippen LogP contribution is -2.02. The minimum atomic E-state index is -1.27. The maximum atomic E-state index is 13.7. The summed E-state index contributed by atoms with van der Waals surface area (Å²) in [5.41, 5.74) is -0.369. The summed E-state index contributed by atoms with van der Waals surface area (Å²) >= 11 is 17.4. The molecule has 0 spiro atoms. The number of halogens is 5. The van der Waals surface area contributed by atoms with Crippen molar-refractivity contribution in [2.24, 2.45) is 0 Å². The van der Waals surface area contributed by atoms with Crippen molar-refractivity contribution in [1.82, 2.24) is 0 Å². The van der Waals surface area contributed by atoms with E-state index >= 15 is 0 Å². The Hall–Kier alpha value is -1.56. The molecule has 0 aliphatic heterocycles. The Morgan fingerprint density at radius 1 is 1.00 bits per heavy atom. The Bertz CT molecular complexity index is 715. The molecule has 0 aromatic heterocycles. The van der Waals surface area contributed by atoms with Crippen LogP contribution in [0.15, 0.2) is 24.3 Å². The number of hydrogen-bond donors (Lipinski definition) is 2. The van der Waals surface area contributed by atoms with Crippen molar-refractivity contribution in [3.63, 3.8) is 0 Å². The molecule has 2 aromatic carbocycles. The van der Waals surface area contributed by atoms with Gasteiger partial charge in [0.1, 0.15) is 5.82 Å². The van der Waals surface area contributed by atoms with Crippen LogP contribution in [0.25, 0.3) is 0 Å².